The van der Waals surface area contributed by atoms with E-state index in [-0.39, 0.29) is 16.5 Å². The van der Waals surface area contributed by atoms with Crippen LogP contribution in [-0.4, -0.2) is 41.2 Å². The van der Waals surface area contributed by atoms with Crippen LogP contribution in [0.25, 0.3) is 11.0 Å². The molecule has 6 rings (SSSR count). The molecule has 1 unspecified atom stereocenters. The Kier molecular flexibility index (Phi) is 7.63. The fourth-order valence-corrected chi connectivity index (χ4v) is 6.87. The van der Waals surface area contributed by atoms with E-state index in [4.69, 9.17) is 25.5 Å². The lowest BCUT2D eigenvalue weighted by atomic mass is 9.95. The van der Waals surface area contributed by atoms with Gasteiger partial charge in [0.2, 0.25) is 10.9 Å². The molecule has 42 heavy (non-hydrogen) atoms. The van der Waals surface area contributed by atoms with Gasteiger partial charge in [0.25, 0.3) is 5.91 Å². The van der Waals surface area contributed by atoms with E-state index in [0.29, 0.717) is 43.1 Å². The van der Waals surface area contributed by atoms with Crippen LogP contribution in [0.15, 0.2) is 92.9 Å². The highest BCUT2D eigenvalue weighted by Gasteiger charge is 2.47. The molecule has 0 fully saturated rings. The van der Waals surface area contributed by atoms with Crippen molar-refractivity contribution in [2.75, 3.05) is 19.1 Å². The third-order valence-electron chi connectivity index (χ3n) is 6.72. The minimum absolute atomic E-state index is 0.0492. The number of hydrogen-bond acceptors (Lipinski definition) is 10. The summed E-state index contributed by atoms with van der Waals surface area (Å²) in [6.07, 6.45) is 0. The van der Waals surface area contributed by atoms with Crippen molar-refractivity contribution < 1.29 is 28.6 Å². The van der Waals surface area contributed by atoms with E-state index >= 15 is 0 Å². The van der Waals surface area contributed by atoms with Crippen molar-refractivity contribution in [1.29, 1.82) is 0 Å². The minimum atomic E-state index is -1.02. The van der Waals surface area contributed by atoms with Crippen LogP contribution in [0.4, 0.5) is 5.13 Å². The van der Waals surface area contributed by atoms with Gasteiger partial charge in [-0.15, -0.1) is 10.2 Å². The fraction of sp³-hybridized carbons (Fsp3) is 0.133. The number of fused-ring (bicyclic) bond motifs is 1. The Morgan fingerprint density at radius 1 is 1.07 bits per heavy atom. The summed E-state index contributed by atoms with van der Waals surface area (Å²) in [5, 5.41) is 21.2. The predicted octanol–water partition coefficient (Wildman–Crippen LogP) is 7.03. The summed E-state index contributed by atoms with van der Waals surface area (Å²) in [7, 11) is 3.02. The number of aliphatic hydroxyl groups excluding tert-OH is 1. The second kappa shape index (κ2) is 11.5. The number of aromatic nitrogens is 2. The largest absolute Gasteiger partial charge is 0.503 e. The van der Waals surface area contributed by atoms with E-state index in [9.17, 15) is 14.7 Å². The molecule has 1 atom stereocenters. The number of amides is 1. The number of hydrogen-bond donors (Lipinski definition) is 1. The first-order valence-corrected chi connectivity index (χ1v) is 14.8. The molecule has 12 heteroatoms. The number of rotatable bonds is 9. The first-order valence-electron chi connectivity index (χ1n) is 12.6. The van der Waals surface area contributed by atoms with Gasteiger partial charge in [-0.1, -0.05) is 77.2 Å². The number of para-hydroxylation sites is 1. The average molecular weight is 620 g/mol. The molecule has 3 aromatic carbocycles. The Labute approximate surface area is 253 Å². The van der Waals surface area contributed by atoms with Gasteiger partial charge in [0.15, 0.2) is 27.2 Å². The molecule has 0 bridgehead atoms. The number of halogens is 1. The van der Waals surface area contributed by atoms with Gasteiger partial charge in [-0.3, -0.25) is 14.5 Å². The van der Waals surface area contributed by atoms with Gasteiger partial charge in [0.1, 0.15) is 5.75 Å². The number of anilines is 1. The number of Topliss-reactive ketones (excluding diaryl/α,β-unsaturated/α-hetero) is 1. The lowest BCUT2D eigenvalue weighted by molar-refractivity contribution is -0.117. The molecule has 1 N–H and O–H groups in total. The second-order valence-corrected chi connectivity index (χ2v) is 11.8. The first kappa shape index (κ1) is 27.8. The highest BCUT2D eigenvalue weighted by Crippen LogP contribution is 2.45. The third-order valence-corrected chi connectivity index (χ3v) is 9.20. The zero-order valence-electron chi connectivity index (χ0n) is 22.2. The summed E-state index contributed by atoms with van der Waals surface area (Å²) in [5.74, 6) is -0.656. The van der Waals surface area contributed by atoms with Crippen molar-refractivity contribution in [3.63, 3.8) is 0 Å². The Bertz CT molecular complexity index is 1870. The Balaban J connectivity index is 1.39. The van der Waals surface area contributed by atoms with Crippen molar-refractivity contribution in [3.8, 4) is 11.5 Å². The van der Waals surface area contributed by atoms with Crippen LogP contribution < -0.4 is 14.4 Å². The molecule has 2 aromatic heterocycles. The average Bonchev–Trinajstić information content (AvgIpc) is 3.73. The summed E-state index contributed by atoms with van der Waals surface area (Å²) in [6.45, 7) is 0. The number of aliphatic hydroxyl groups is 1. The Morgan fingerprint density at radius 3 is 2.67 bits per heavy atom. The normalized spacial score (nSPS) is 15.1. The molecule has 1 aliphatic rings. The lowest BCUT2D eigenvalue weighted by Gasteiger charge is -2.24. The molecule has 0 radical (unpaired) electrons. The molecule has 0 aliphatic carbocycles. The lowest BCUT2D eigenvalue weighted by Crippen LogP contribution is -2.31. The molecule has 212 valence electrons. The molecule has 5 aromatic rings. The SMILES string of the molecule is COc1cccc(C2C(C(=O)c3cc4cccc(OC)c4o3)=C(O)C(=O)N2c2nnc(SCc3ccccc3Cl)s2)c1. The Morgan fingerprint density at radius 2 is 1.88 bits per heavy atom. The number of methoxy groups -OCH3 is 2. The smallest absolute Gasteiger partial charge is 0.296 e. The number of furan rings is 1. The topological polar surface area (TPSA) is 115 Å². The number of ether oxygens (including phenoxy) is 2. The number of nitrogens with zero attached hydrogens (tertiary/aromatic N) is 3. The van der Waals surface area contributed by atoms with Crippen LogP contribution in [0, 0.1) is 0 Å². The number of benzene rings is 3. The van der Waals surface area contributed by atoms with Crippen molar-refractivity contribution >= 4 is 62.5 Å². The molecule has 0 spiro atoms. The van der Waals surface area contributed by atoms with Gasteiger partial charge in [-0.25, -0.2) is 0 Å². The molecule has 9 nitrogen and oxygen atoms in total. The molecule has 0 saturated heterocycles. The van der Waals surface area contributed by atoms with E-state index in [2.05, 4.69) is 10.2 Å². The summed E-state index contributed by atoms with van der Waals surface area (Å²) >= 11 is 8.88. The summed E-state index contributed by atoms with van der Waals surface area (Å²) < 4.78 is 17.3. The standard InChI is InChI=1S/C30H22ClN3O6S2/c1-38-19-10-5-8-16(13-19)24-23(25(35)22-14-17-9-6-12-21(39-2)27(17)40-22)26(36)28(37)34(24)29-32-33-30(42-29)41-15-18-7-3-4-11-20(18)31/h3-14,24,36H,15H2,1-2H3. The third kappa shape index (κ3) is 5.00. The number of carbonyl (C=O) groups is 2. The van der Waals surface area contributed by atoms with E-state index in [1.165, 1.54) is 42.2 Å². The van der Waals surface area contributed by atoms with E-state index < -0.39 is 23.5 Å². The zero-order valence-corrected chi connectivity index (χ0v) is 24.6. The highest BCUT2D eigenvalue weighted by atomic mass is 35.5. The van der Waals surface area contributed by atoms with Gasteiger partial charge in [-0.2, -0.15) is 0 Å². The van der Waals surface area contributed by atoms with E-state index in [0.717, 1.165) is 5.56 Å². The fourth-order valence-electron chi connectivity index (χ4n) is 4.72. The minimum Gasteiger partial charge on any atom is -0.503 e. The van der Waals surface area contributed by atoms with Crippen LogP contribution in [0.2, 0.25) is 5.02 Å². The van der Waals surface area contributed by atoms with Crippen molar-refractivity contribution in [2.45, 2.75) is 16.1 Å². The molecule has 0 saturated carbocycles. The van der Waals surface area contributed by atoms with E-state index in [1.807, 2.05) is 24.3 Å². The van der Waals surface area contributed by atoms with Crippen LogP contribution in [0.5, 0.6) is 11.5 Å². The van der Waals surface area contributed by atoms with Crippen LogP contribution in [0.3, 0.4) is 0 Å². The van der Waals surface area contributed by atoms with Crippen LogP contribution in [-0.2, 0) is 10.5 Å². The summed E-state index contributed by atoms with van der Waals surface area (Å²) in [6, 6.07) is 20.2. The summed E-state index contributed by atoms with van der Waals surface area (Å²) in [4.78, 5) is 28.8. The van der Waals surface area contributed by atoms with Crippen LogP contribution in [0.1, 0.15) is 27.7 Å². The molecule has 3 heterocycles. The maximum Gasteiger partial charge on any atom is 0.296 e. The quantitative estimate of drug-likeness (QED) is 0.105. The number of carbonyl (C=O) groups excluding carboxylic acids is 2. The van der Waals surface area contributed by atoms with Gasteiger partial charge >= 0.3 is 0 Å². The predicted molar refractivity (Wildman–Crippen MR) is 161 cm³/mol. The van der Waals surface area contributed by atoms with Crippen molar-refractivity contribution in [3.05, 3.63) is 106 Å². The van der Waals surface area contributed by atoms with Gasteiger partial charge < -0.3 is 19.0 Å². The summed E-state index contributed by atoms with van der Waals surface area (Å²) in [5.41, 5.74) is 1.70. The zero-order chi connectivity index (χ0) is 29.4. The molecular weight excluding hydrogens is 598 g/mol. The maximum atomic E-state index is 14.0. The molecule has 1 aliphatic heterocycles. The Hall–Kier alpha value is -4.32. The second-order valence-electron chi connectivity index (χ2n) is 9.17. The van der Waals surface area contributed by atoms with Gasteiger partial charge in [0, 0.05) is 16.2 Å². The first-order chi connectivity index (χ1) is 20.4. The highest BCUT2D eigenvalue weighted by molar-refractivity contribution is 8.00. The van der Waals surface area contributed by atoms with Crippen LogP contribution >= 0.6 is 34.7 Å². The van der Waals surface area contributed by atoms with Crippen molar-refractivity contribution in [1.82, 2.24) is 10.2 Å². The number of thioether (sulfide) groups is 1. The molecule has 1 amide bonds. The van der Waals surface area contributed by atoms with Crippen molar-refractivity contribution in [2.24, 2.45) is 0 Å². The number of ketones is 1. The van der Waals surface area contributed by atoms with Gasteiger partial charge in [-0.05, 0) is 41.5 Å². The van der Waals surface area contributed by atoms with Gasteiger partial charge in [0.05, 0.1) is 25.8 Å². The van der Waals surface area contributed by atoms with E-state index in [1.54, 1.807) is 48.5 Å². The monoisotopic (exact) mass is 619 g/mol. The molecular formula is C30H22ClN3O6S2. The maximum absolute atomic E-state index is 14.0.